The molecular weight excluding hydrogens is 316 g/mol. The van der Waals surface area contributed by atoms with Crippen LogP contribution in [-0.4, -0.2) is 33.1 Å². The zero-order valence-corrected chi connectivity index (χ0v) is 14.8. The van der Waals surface area contributed by atoms with Crippen LogP contribution in [0.4, 0.5) is 0 Å². The van der Waals surface area contributed by atoms with E-state index in [0.717, 1.165) is 54.7 Å². The minimum absolute atomic E-state index is 0.642. The summed E-state index contributed by atoms with van der Waals surface area (Å²) in [6.07, 6.45) is 1.75. The number of aryl methyl sites for hydroxylation is 1. The van der Waals surface area contributed by atoms with Crippen molar-refractivity contribution in [3.8, 4) is 17.2 Å². The van der Waals surface area contributed by atoms with Gasteiger partial charge < -0.3 is 13.7 Å². The zero-order valence-electron chi connectivity index (χ0n) is 14.8. The van der Waals surface area contributed by atoms with E-state index in [1.54, 1.807) is 13.4 Å². The molecule has 0 unspecified atom stereocenters. The Morgan fingerprint density at radius 3 is 2.68 bits per heavy atom. The Morgan fingerprint density at radius 2 is 1.92 bits per heavy atom. The van der Waals surface area contributed by atoms with Crippen molar-refractivity contribution in [2.75, 3.05) is 13.7 Å². The SMILES string of the molecule is COc1ccc(-c2nc(CN3CCn4c(nc(C)c4C)C3)co2)cc1. The molecule has 0 saturated carbocycles. The molecule has 0 spiro atoms. The number of hydrogen-bond acceptors (Lipinski definition) is 5. The van der Waals surface area contributed by atoms with Gasteiger partial charge in [-0.25, -0.2) is 9.97 Å². The van der Waals surface area contributed by atoms with E-state index in [-0.39, 0.29) is 0 Å². The molecular formula is C19H22N4O2. The van der Waals surface area contributed by atoms with Gasteiger partial charge in [0.15, 0.2) is 0 Å². The summed E-state index contributed by atoms with van der Waals surface area (Å²) in [6.45, 7) is 7.80. The average Bonchev–Trinajstić information content (AvgIpc) is 3.20. The molecule has 1 aliphatic rings. The molecule has 0 N–H and O–H groups in total. The van der Waals surface area contributed by atoms with Gasteiger partial charge in [-0.1, -0.05) is 0 Å². The van der Waals surface area contributed by atoms with Crippen molar-refractivity contribution < 1.29 is 9.15 Å². The predicted molar refractivity (Wildman–Crippen MR) is 94.3 cm³/mol. The van der Waals surface area contributed by atoms with Crippen molar-refractivity contribution in [3.05, 3.63) is 53.4 Å². The summed E-state index contributed by atoms with van der Waals surface area (Å²) in [7, 11) is 1.66. The van der Waals surface area contributed by atoms with Crippen molar-refractivity contribution in [3.63, 3.8) is 0 Å². The van der Waals surface area contributed by atoms with Crippen molar-refractivity contribution >= 4 is 0 Å². The van der Waals surface area contributed by atoms with Gasteiger partial charge in [0.2, 0.25) is 5.89 Å². The number of methoxy groups -OCH3 is 1. The highest BCUT2D eigenvalue weighted by atomic mass is 16.5. The number of benzene rings is 1. The second kappa shape index (κ2) is 6.37. The van der Waals surface area contributed by atoms with Crippen LogP contribution >= 0.6 is 0 Å². The fraction of sp³-hybridized carbons (Fsp3) is 0.368. The second-order valence-electron chi connectivity index (χ2n) is 6.43. The molecule has 6 nitrogen and oxygen atoms in total. The summed E-state index contributed by atoms with van der Waals surface area (Å²) < 4.78 is 13.2. The standard InChI is InChI=1S/C19H22N4O2/c1-13-14(2)23-9-8-22(11-18(23)20-13)10-16-12-25-19(21-16)15-4-6-17(24-3)7-5-15/h4-7,12H,8-11H2,1-3H3. The van der Waals surface area contributed by atoms with Crippen LogP contribution in [-0.2, 0) is 19.6 Å². The van der Waals surface area contributed by atoms with Gasteiger partial charge in [-0.05, 0) is 38.1 Å². The maximum Gasteiger partial charge on any atom is 0.226 e. The van der Waals surface area contributed by atoms with Crippen molar-refractivity contribution in [2.24, 2.45) is 0 Å². The lowest BCUT2D eigenvalue weighted by Gasteiger charge is -2.27. The molecule has 0 bridgehead atoms. The smallest absolute Gasteiger partial charge is 0.226 e. The van der Waals surface area contributed by atoms with Crippen molar-refractivity contribution in [1.29, 1.82) is 0 Å². The van der Waals surface area contributed by atoms with E-state index in [9.17, 15) is 0 Å². The third kappa shape index (κ3) is 3.05. The normalized spacial score (nSPS) is 14.5. The van der Waals surface area contributed by atoms with Crippen LogP contribution in [0.3, 0.4) is 0 Å². The zero-order chi connectivity index (χ0) is 17.4. The summed E-state index contributed by atoms with van der Waals surface area (Å²) in [6, 6.07) is 7.73. The molecule has 6 heteroatoms. The lowest BCUT2D eigenvalue weighted by molar-refractivity contribution is 0.205. The van der Waals surface area contributed by atoms with Crippen LogP contribution in [0.25, 0.3) is 11.5 Å². The topological polar surface area (TPSA) is 56.3 Å². The molecule has 0 radical (unpaired) electrons. The first kappa shape index (κ1) is 15.9. The molecule has 0 amide bonds. The molecule has 25 heavy (non-hydrogen) atoms. The molecule has 130 valence electrons. The molecule has 0 fully saturated rings. The van der Waals surface area contributed by atoms with Gasteiger partial charge in [0.25, 0.3) is 0 Å². The van der Waals surface area contributed by atoms with Gasteiger partial charge in [-0.2, -0.15) is 0 Å². The molecule has 2 aromatic heterocycles. The van der Waals surface area contributed by atoms with Gasteiger partial charge >= 0.3 is 0 Å². The van der Waals surface area contributed by atoms with Gasteiger partial charge in [-0.3, -0.25) is 4.90 Å². The Kier molecular flexibility index (Phi) is 4.05. The summed E-state index contributed by atoms with van der Waals surface area (Å²) in [4.78, 5) is 11.7. The Hall–Kier alpha value is -2.60. The van der Waals surface area contributed by atoms with Crippen LogP contribution in [0.15, 0.2) is 34.9 Å². The highest BCUT2D eigenvalue weighted by Crippen LogP contribution is 2.23. The molecule has 4 rings (SSSR count). The van der Waals surface area contributed by atoms with E-state index in [0.29, 0.717) is 5.89 Å². The quantitative estimate of drug-likeness (QED) is 0.731. The Balaban J connectivity index is 1.46. The summed E-state index contributed by atoms with van der Waals surface area (Å²) in [5, 5.41) is 0. The number of oxazole rings is 1. The largest absolute Gasteiger partial charge is 0.497 e. The molecule has 0 atom stereocenters. The van der Waals surface area contributed by atoms with E-state index < -0.39 is 0 Å². The average molecular weight is 338 g/mol. The van der Waals surface area contributed by atoms with Crippen LogP contribution in [0, 0.1) is 13.8 Å². The highest BCUT2D eigenvalue weighted by molar-refractivity contribution is 5.54. The van der Waals surface area contributed by atoms with E-state index in [4.69, 9.17) is 9.15 Å². The second-order valence-corrected chi connectivity index (χ2v) is 6.43. The van der Waals surface area contributed by atoms with E-state index >= 15 is 0 Å². The highest BCUT2D eigenvalue weighted by Gasteiger charge is 2.21. The summed E-state index contributed by atoms with van der Waals surface area (Å²) >= 11 is 0. The third-order valence-corrected chi connectivity index (χ3v) is 4.82. The minimum atomic E-state index is 0.642. The number of rotatable bonds is 4. The van der Waals surface area contributed by atoms with Crippen LogP contribution in [0.5, 0.6) is 5.75 Å². The van der Waals surface area contributed by atoms with Crippen LogP contribution < -0.4 is 4.74 Å². The van der Waals surface area contributed by atoms with Gasteiger partial charge in [0.1, 0.15) is 17.8 Å². The Bertz CT molecular complexity index is 879. The number of hydrogen-bond donors (Lipinski definition) is 0. The predicted octanol–water partition coefficient (Wildman–Crippen LogP) is 3.18. The number of nitrogens with zero attached hydrogens (tertiary/aromatic N) is 4. The minimum Gasteiger partial charge on any atom is -0.497 e. The first-order chi connectivity index (χ1) is 12.1. The number of imidazole rings is 1. The molecule has 0 aliphatic carbocycles. The molecule has 3 heterocycles. The lowest BCUT2D eigenvalue weighted by Crippen LogP contribution is -2.33. The van der Waals surface area contributed by atoms with Gasteiger partial charge in [0, 0.05) is 30.9 Å². The van der Waals surface area contributed by atoms with Crippen molar-refractivity contribution in [1.82, 2.24) is 19.4 Å². The number of fused-ring (bicyclic) bond motifs is 1. The molecule has 3 aromatic rings. The first-order valence-corrected chi connectivity index (χ1v) is 8.48. The Morgan fingerprint density at radius 1 is 1.12 bits per heavy atom. The monoisotopic (exact) mass is 338 g/mol. The third-order valence-electron chi connectivity index (χ3n) is 4.82. The fourth-order valence-electron chi connectivity index (χ4n) is 3.27. The molecule has 1 aliphatic heterocycles. The lowest BCUT2D eigenvalue weighted by atomic mass is 10.2. The van der Waals surface area contributed by atoms with Gasteiger partial charge in [0.05, 0.1) is 25.0 Å². The summed E-state index contributed by atoms with van der Waals surface area (Å²) in [5.41, 5.74) is 4.30. The Labute approximate surface area is 147 Å². The number of aromatic nitrogens is 3. The maximum atomic E-state index is 5.66. The maximum absolute atomic E-state index is 5.66. The van der Waals surface area contributed by atoms with Crippen LogP contribution in [0.1, 0.15) is 22.9 Å². The molecule has 0 saturated heterocycles. The summed E-state index contributed by atoms with van der Waals surface area (Å²) in [5.74, 6) is 2.60. The van der Waals surface area contributed by atoms with E-state index in [1.165, 1.54) is 5.69 Å². The number of ether oxygens (including phenoxy) is 1. The first-order valence-electron chi connectivity index (χ1n) is 8.48. The van der Waals surface area contributed by atoms with E-state index in [1.807, 2.05) is 24.3 Å². The van der Waals surface area contributed by atoms with Crippen LogP contribution in [0.2, 0.25) is 0 Å². The van der Waals surface area contributed by atoms with E-state index in [2.05, 4.69) is 33.3 Å². The van der Waals surface area contributed by atoms with Crippen molar-refractivity contribution in [2.45, 2.75) is 33.5 Å². The van der Waals surface area contributed by atoms with Gasteiger partial charge in [-0.15, -0.1) is 0 Å². The molecule has 1 aromatic carbocycles. The fourth-order valence-corrected chi connectivity index (χ4v) is 3.27.